The fraction of sp³-hybridized carbons (Fsp3) is 0.286. The molecule has 4 rings (SSSR count). The van der Waals surface area contributed by atoms with Crippen LogP contribution >= 0.6 is 11.6 Å². The molecule has 2 aromatic carbocycles. The number of carbonyl (C=O) groups is 2. The first kappa shape index (κ1) is 25.4. The number of anilines is 1. The molecule has 0 saturated carbocycles. The number of furan rings is 1. The molecule has 0 radical (unpaired) electrons. The molecular weight excluding hydrogens is 482 g/mol. The van der Waals surface area contributed by atoms with Gasteiger partial charge in [0.15, 0.2) is 0 Å². The first-order valence-electron chi connectivity index (χ1n) is 11.5. The minimum Gasteiger partial charge on any atom is -0.507 e. The normalized spacial score (nSPS) is 17.5. The van der Waals surface area contributed by atoms with E-state index in [-0.39, 0.29) is 21.8 Å². The SMILES string of the molecule is CCOc1ccc(/C(O)=C2/C(=O)C(=O)N(c3ccc(OC)c(Cl)c3)C2c2ccco2)cc1C(C)(C)C. The first-order valence-corrected chi connectivity index (χ1v) is 11.9. The van der Waals surface area contributed by atoms with E-state index < -0.39 is 17.7 Å². The summed E-state index contributed by atoms with van der Waals surface area (Å²) in [5, 5.41) is 11.7. The number of rotatable bonds is 6. The second-order valence-corrected chi connectivity index (χ2v) is 9.80. The van der Waals surface area contributed by atoms with Gasteiger partial charge in [-0.15, -0.1) is 0 Å². The van der Waals surface area contributed by atoms with Crippen LogP contribution in [0, 0.1) is 0 Å². The summed E-state index contributed by atoms with van der Waals surface area (Å²) >= 11 is 6.32. The number of carbonyl (C=O) groups excluding carboxylic acids is 2. The number of halogens is 1. The van der Waals surface area contributed by atoms with Gasteiger partial charge in [0.25, 0.3) is 11.7 Å². The van der Waals surface area contributed by atoms with Gasteiger partial charge in [-0.05, 0) is 60.9 Å². The van der Waals surface area contributed by atoms with Crippen molar-refractivity contribution in [2.75, 3.05) is 18.6 Å². The number of Topliss-reactive ketones (excluding diaryl/α,β-unsaturated/α-hetero) is 1. The van der Waals surface area contributed by atoms with E-state index in [1.807, 2.05) is 27.7 Å². The number of aliphatic hydroxyl groups is 1. The number of hydrogen-bond donors (Lipinski definition) is 1. The highest BCUT2D eigenvalue weighted by molar-refractivity contribution is 6.51. The maximum atomic E-state index is 13.3. The highest BCUT2D eigenvalue weighted by Crippen LogP contribution is 2.44. The van der Waals surface area contributed by atoms with Gasteiger partial charge < -0.3 is 19.0 Å². The van der Waals surface area contributed by atoms with Gasteiger partial charge in [-0.25, -0.2) is 0 Å². The monoisotopic (exact) mass is 509 g/mol. The molecule has 0 spiro atoms. The van der Waals surface area contributed by atoms with Crippen molar-refractivity contribution in [2.24, 2.45) is 0 Å². The third-order valence-corrected chi connectivity index (χ3v) is 6.33. The molecular formula is C28H28ClNO6. The summed E-state index contributed by atoms with van der Waals surface area (Å²) in [5.41, 5.74) is 1.24. The fourth-order valence-electron chi connectivity index (χ4n) is 4.32. The van der Waals surface area contributed by atoms with E-state index in [4.69, 9.17) is 25.5 Å². The zero-order valence-electron chi connectivity index (χ0n) is 20.8. The Hall–Kier alpha value is -3.71. The van der Waals surface area contributed by atoms with Gasteiger partial charge in [-0.2, -0.15) is 0 Å². The van der Waals surface area contributed by atoms with Gasteiger partial charge in [-0.3, -0.25) is 14.5 Å². The molecule has 36 heavy (non-hydrogen) atoms. The molecule has 1 aliphatic rings. The standard InChI is InChI=1S/C28H28ClNO6/c1-6-35-20-11-9-16(14-18(20)28(2,3)4)25(31)23-24(22-8-7-13-36-22)30(27(33)26(23)32)17-10-12-21(34-5)19(29)15-17/h7-15,24,31H,6H2,1-5H3/b25-23-. The van der Waals surface area contributed by atoms with Crippen LogP contribution in [-0.4, -0.2) is 30.5 Å². The third-order valence-electron chi connectivity index (χ3n) is 6.03. The van der Waals surface area contributed by atoms with E-state index >= 15 is 0 Å². The zero-order chi connectivity index (χ0) is 26.2. The van der Waals surface area contributed by atoms with Gasteiger partial charge in [-0.1, -0.05) is 32.4 Å². The zero-order valence-corrected chi connectivity index (χ0v) is 21.6. The summed E-state index contributed by atoms with van der Waals surface area (Å²) in [7, 11) is 1.48. The molecule has 0 bridgehead atoms. The molecule has 1 aliphatic heterocycles. The second-order valence-electron chi connectivity index (χ2n) is 9.40. The van der Waals surface area contributed by atoms with Crippen LogP contribution in [0.15, 0.2) is 64.8 Å². The van der Waals surface area contributed by atoms with Gasteiger partial charge in [0, 0.05) is 16.8 Å². The lowest BCUT2D eigenvalue weighted by Gasteiger charge is -2.25. The van der Waals surface area contributed by atoms with Crippen molar-refractivity contribution in [2.45, 2.75) is 39.2 Å². The van der Waals surface area contributed by atoms with Gasteiger partial charge in [0.05, 0.1) is 30.6 Å². The molecule has 2 heterocycles. The predicted molar refractivity (Wildman–Crippen MR) is 138 cm³/mol. The Morgan fingerprint density at radius 2 is 1.83 bits per heavy atom. The smallest absolute Gasteiger partial charge is 0.300 e. The number of methoxy groups -OCH3 is 1. The van der Waals surface area contributed by atoms with Gasteiger partial charge in [0.1, 0.15) is 29.1 Å². The van der Waals surface area contributed by atoms with Crippen molar-refractivity contribution >= 4 is 34.7 Å². The van der Waals surface area contributed by atoms with Crippen LogP contribution < -0.4 is 14.4 Å². The number of hydrogen-bond acceptors (Lipinski definition) is 6. The molecule has 3 aromatic rings. The van der Waals surface area contributed by atoms with Crippen LogP contribution in [0.4, 0.5) is 5.69 Å². The van der Waals surface area contributed by atoms with E-state index in [0.29, 0.717) is 35.1 Å². The third kappa shape index (κ3) is 4.46. The van der Waals surface area contributed by atoms with Crippen LogP contribution in [0.2, 0.25) is 5.02 Å². The number of amides is 1. The highest BCUT2D eigenvalue weighted by atomic mass is 35.5. The number of ketones is 1. The molecule has 1 atom stereocenters. The minimum atomic E-state index is -0.992. The lowest BCUT2D eigenvalue weighted by molar-refractivity contribution is -0.132. The summed E-state index contributed by atoms with van der Waals surface area (Å²) in [6.45, 7) is 8.48. The first-order chi connectivity index (χ1) is 17.1. The number of benzene rings is 2. The average Bonchev–Trinajstić information content (AvgIpc) is 3.45. The quantitative estimate of drug-likeness (QED) is 0.239. The topological polar surface area (TPSA) is 89.2 Å². The van der Waals surface area contributed by atoms with E-state index in [1.54, 1.807) is 42.5 Å². The van der Waals surface area contributed by atoms with Crippen LogP contribution in [0.1, 0.15) is 50.6 Å². The Morgan fingerprint density at radius 1 is 1.11 bits per heavy atom. The van der Waals surface area contributed by atoms with E-state index in [2.05, 4.69) is 0 Å². The molecule has 1 unspecified atom stereocenters. The number of aliphatic hydroxyl groups excluding tert-OH is 1. The Kier molecular flexibility index (Phi) is 6.87. The minimum absolute atomic E-state index is 0.0779. The maximum Gasteiger partial charge on any atom is 0.300 e. The molecule has 7 nitrogen and oxygen atoms in total. The summed E-state index contributed by atoms with van der Waals surface area (Å²) in [4.78, 5) is 27.9. The summed E-state index contributed by atoms with van der Waals surface area (Å²) in [5.74, 6) is -0.489. The average molecular weight is 510 g/mol. The Bertz CT molecular complexity index is 1340. The van der Waals surface area contributed by atoms with Crippen molar-refractivity contribution in [3.63, 3.8) is 0 Å². The fourth-order valence-corrected chi connectivity index (χ4v) is 4.57. The van der Waals surface area contributed by atoms with Crippen molar-refractivity contribution in [1.82, 2.24) is 0 Å². The molecule has 0 aliphatic carbocycles. The molecule has 1 aromatic heterocycles. The maximum absolute atomic E-state index is 13.3. The molecule has 1 saturated heterocycles. The van der Waals surface area contributed by atoms with Crippen LogP contribution in [0.25, 0.3) is 5.76 Å². The molecule has 1 fully saturated rings. The van der Waals surface area contributed by atoms with Crippen molar-refractivity contribution in [3.05, 3.63) is 82.3 Å². The summed E-state index contributed by atoms with van der Waals surface area (Å²) in [6, 6.07) is 12.3. The van der Waals surface area contributed by atoms with E-state index in [0.717, 1.165) is 5.56 Å². The van der Waals surface area contributed by atoms with Gasteiger partial charge in [0.2, 0.25) is 0 Å². The lowest BCUT2D eigenvalue weighted by Crippen LogP contribution is -2.29. The van der Waals surface area contributed by atoms with Crippen molar-refractivity contribution in [3.8, 4) is 11.5 Å². The van der Waals surface area contributed by atoms with Crippen molar-refractivity contribution < 1.29 is 28.6 Å². The molecule has 188 valence electrons. The van der Waals surface area contributed by atoms with Crippen LogP contribution in [0.3, 0.4) is 0 Å². The second kappa shape index (κ2) is 9.74. The van der Waals surface area contributed by atoms with Crippen molar-refractivity contribution in [1.29, 1.82) is 0 Å². The molecule has 1 N–H and O–H groups in total. The number of nitrogens with zero attached hydrogens (tertiary/aromatic N) is 1. The summed E-state index contributed by atoms with van der Waals surface area (Å²) < 4.78 is 16.6. The Labute approximate surface area is 214 Å². The lowest BCUT2D eigenvalue weighted by atomic mass is 9.84. The van der Waals surface area contributed by atoms with Crippen LogP contribution in [-0.2, 0) is 15.0 Å². The Morgan fingerprint density at radius 3 is 2.42 bits per heavy atom. The van der Waals surface area contributed by atoms with Crippen LogP contribution in [0.5, 0.6) is 11.5 Å². The predicted octanol–water partition coefficient (Wildman–Crippen LogP) is 6.26. The largest absolute Gasteiger partial charge is 0.507 e. The highest BCUT2D eigenvalue weighted by Gasteiger charge is 2.48. The molecule has 1 amide bonds. The number of ether oxygens (including phenoxy) is 2. The van der Waals surface area contributed by atoms with E-state index in [1.165, 1.54) is 24.3 Å². The Balaban J connectivity index is 1.91. The van der Waals surface area contributed by atoms with E-state index in [9.17, 15) is 14.7 Å². The van der Waals surface area contributed by atoms with Gasteiger partial charge >= 0.3 is 0 Å². The molecule has 8 heteroatoms. The summed E-state index contributed by atoms with van der Waals surface area (Å²) in [6.07, 6.45) is 1.45.